The van der Waals surface area contributed by atoms with Crippen LogP contribution in [0.4, 0.5) is 5.69 Å². The van der Waals surface area contributed by atoms with Gasteiger partial charge in [-0.1, -0.05) is 19.9 Å². The Kier molecular flexibility index (Phi) is 3.27. The molecule has 0 radical (unpaired) electrons. The van der Waals surface area contributed by atoms with E-state index in [1.54, 1.807) is 0 Å². The largest absolute Gasteiger partial charge is 0.272 e. The van der Waals surface area contributed by atoms with Crippen molar-refractivity contribution < 1.29 is 4.79 Å². The smallest absolute Gasteiger partial charge is 0.253 e. The average Bonchev–Trinajstić information content (AvgIpc) is 2.67. The summed E-state index contributed by atoms with van der Waals surface area (Å²) in [5, 5.41) is 5.79. The molecule has 17 heavy (non-hydrogen) atoms. The van der Waals surface area contributed by atoms with Gasteiger partial charge in [-0.2, -0.15) is 5.10 Å². The molecule has 1 amide bonds. The van der Waals surface area contributed by atoms with Crippen molar-refractivity contribution in [2.45, 2.75) is 40.0 Å². The highest BCUT2D eigenvalue weighted by Gasteiger charge is 2.22. The van der Waals surface area contributed by atoms with Crippen molar-refractivity contribution in [2.75, 3.05) is 5.01 Å². The Morgan fingerprint density at radius 1 is 1.24 bits per heavy atom. The van der Waals surface area contributed by atoms with Gasteiger partial charge >= 0.3 is 0 Å². The van der Waals surface area contributed by atoms with E-state index in [0.29, 0.717) is 6.42 Å². The fourth-order valence-corrected chi connectivity index (χ4v) is 2.18. The molecule has 90 valence electrons. The van der Waals surface area contributed by atoms with Crippen LogP contribution in [0.2, 0.25) is 0 Å². The molecule has 1 aliphatic heterocycles. The van der Waals surface area contributed by atoms with Gasteiger partial charge in [-0.25, -0.2) is 5.01 Å². The van der Waals surface area contributed by atoms with Gasteiger partial charge in [-0.3, -0.25) is 4.79 Å². The molecule has 0 fully saturated rings. The summed E-state index contributed by atoms with van der Waals surface area (Å²) in [5.74, 6) is 0.0637. The third-order valence-corrected chi connectivity index (χ3v) is 3.11. The minimum Gasteiger partial charge on any atom is -0.272 e. The molecule has 0 bridgehead atoms. The highest BCUT2D eigenvalue weighted by Crippen LogP contribution is 2.24. The van der Waals surface area contributed by atoms with Crippen LogP contribution in [0.1, 0.15) is 38.3 Å². The second-order valence-corrected chi connectivity index (χ2v) is 4.38. The number of nitrogens with zero attached hydrogens (tertiary/aromatic N) is 2. The van der Waals surface area contributed by atoms with E-state index < -0.39 is 0 Å². The molecule has 0 aliphatic carbocycles. The third kappa shape index (κ3) is 2.23. The fraction of sp³-hybridized carbons (Fsp3) is 0.429. The van der Waals surface area contributed by atoms with Crippen molar-refractivity contribution in [1.82, 2.24) is 0 Å². The molecule has 1 heterocycles. The molecule has 1 aliphatic rings. The van der Waals surface area contributed by atoms with E-state index in [2.05, 4.69) is 31.1 Å². The normalized spacial score (nSPS) is 15.4. The predicted molar refractivity (Wildman–Crippen MR) is 70.4 cm³/mol. The third-order valence-electron chi connectivity index (χ3n) is 3.11. The summed E-state index contributed by atoms with van der Waals surface area (Å²) in [7, 11) is 0. The Balaban J connectivity index is 2.37. The van der Waals surface area contributed by atoms with Gasteiger partial charge in [0.1, 0.15) is 0 Å². The molecule has 0 saturated heterocycles. The molecule has 0 unspecified atom stereocenters. The number of hydrogen-bond acceptors (Lipinski definition) is 2. The molecule has 2 rings (SSSR count). The van der Waals surface area contributed by atoms with Crippen molar-refractivity contribution in [3.63, 3.8) is 0 Å². The summed E-state index contributed by atoms with van der Waals surface area (Å²) in [4.78, 5) is 11.8. The maximum Gasteiger partial charge on any atom is 0.253 e. The van der Waals surface area contributed by atoms with Gasteiger partial charge in [0.2, 0.25) is 0 Å². The Labute approximate surface area is 102 Å². The first-order chi connectivity index (χ1) is 8.15. The van der Waals surface area contributed by atoms with E-state index in [9.17, 15) is 4.79 Å². The minimum absolute atomic E-state index is 0.0637. The summed E-state index contributed by atoms with van der Waals surface area (Å²) in [6, 6.07) is 6.17. The molecule has 0 saturated carbocycles. The van der Waals surface area contributed by atoms with Crippen molar-refractivity contribution in [2.24, 2.45) is 5.10 Å². The standard InChI is InChI=1S/C14H18N2O/c1-4-11-6-7-13(9-12(11)5-2)16-14(17)8-10(3)15-16/h6-7,9H,4-5,8H2,1-3H3. The maximum atomic E-state index is 11.8. The van der Waals surface area contributed by atoms with Gasteiger partial charge in [0, 0.05) is 5.71 Å². The number of amides is 1. The average molecular weight is 230 g/mol. The SMILES string of the molecule is CCc1ccc(N2N=C(C)CC2=O)cc1CC. The van der Waals surface area contributed by atoms with Crippen LogP contribution in [0.25, 0.3) is 0 Å². The fourth-order valence-electron chi connectivity index (χ4n) is 2.18. The van der Waals surface area contributed by atoms with Crippen LogP contribution in [-0.2, 0) is 17.6 Å². The molecular weight excluding hydrogens is 212 g/mol. The van der Waals surface area contributed by atoms with E-state index in [1.165, 1.54) is 16.1 Å². The van der Waals surface area contributed by atoms with Crippen LogP contribution in [0, 0.1) is 0 Å². The molecule has 0 aromatic heterocycles. The maximum absolute atomic E-state index is 11.8. The van der Waals surface area contributed by atoms with Crippen molar-refractivity contribution in [3.8, 4) is 0 Å². The van der Waals surface area contributed by atoms with E-state index in [-0.39, 0.29) is 5.91 Å². The van der Waals surface area contributed by atoms with Crippen LogP contribution in [-0.4, -0.2) is 11.6 Å². The van der Waals surface area contributed by atoms with E-state index in [0.717, 1.165) is 24.2 Å². The molecule has 0 atom stereocenters. The summed E-state index contributed by atoms with van der Waals surface area (Å²) < 4.78 is 0. The van der Waals surface area contributed by atoms with Gasteiger partial charge in [-0.15, -0.1) is 0 Å². The number of carbonyl (C=O) groups excluding carboxylic acids is 1. The van der Waals surface area contributed by atoms with Crippen LogP contribution in [0.15, 0.2) is 23.3 Å². The van der Waals surface area contributed by atoms with Crippen molar-refractivity contribution in [3.05, 3.63) is 29.3 Å². The Hall–Kier alpha value is -1.64. The van der Waals surface area contributed by atoms with Crippen LogP contribution < -0.4 is 5.01 Å². The van der Waals surface area contributed by atoms with Crippen molar-refractivity contribution in [1.29, 1.82) is 0 Å². The topological polar surface area (TPSA) is 32.7 Å². The van der Waals surface area contributed by atoms with E-state index >= 15 is 0 Å². The quantitative estimate of drug-likeness (QED) is 0.785. The lowest BCUT2D eigenvalue weighted by molar-refractivity contribution is -0.116. The lowest BCUT2D eigenvalue weighted by Gasteiger charge is -2.14. The first-order valence-corrected chi connectivity index (χ1v) is 6.14. The number of benzene rings is 1. The summed E-state index contributed by atoms with van der Waals surface area (Å²) >= 11 is 0. The summed E-state index contributed by atoms with van der Waals surface area (Å²) in [6.45, 7) is 6.18. The van der Waals surface area contributed by atoms with Gasteiger partial charge in [0.15, 0.2) is 0 Å². The highest BCUT2D eigenvalue weighted by atomic mass is 16.2. The monoisotopic (exact) mass is 230 g/mol. The molecule has 3 nitrogen and oxygen atoms in total. The Morgan fingerprint density at radius 3 is 2.47 bits per heavy atom. The summed E-state index contributed by atoms with van der Waals surface area (Å²) in [6.07, 6.45) is 2.46. The zero-order valence-corrected chi connectivity index (χ0v) is 10.7. The van der Waals surface area contributed by atoms with Crippen LogP contribution >= 0.6 is 0 Å². The zero-order chi connectivity index (χ0) is 12.4. The number of aryl methyl sites for hydroxylation is 2. The molecule has 1 aromatic rings. The van der Waals surface area contributed by atoms with Gasteiger partial charge in [0.05, 0.1) is 12.1 Å². The first-order valence-electron chi connectivity index (χ1n) is 6.14. The Bertz CT molecular complexity index is 477. The number of rotatable bonds is 3. The number of hydrazone groups is 1. The second-order valence-electron chi connectivity index (χ2n) is 4.38. The van der Waals surface area contributed by atoms with Gasteiger partial charge < -0.3 is 0 Å². The summed E-state index contributed by atoms with van der Waals surface area (Å²) in [5.41, 5.74) is 4.43. The van der Waals surface area contributed by atoms with Gasteiger partial charge in [0.25, 0.3) is 5.91 Å². The molecule has 3 heteroatoms. The molecule has 0 spiro atoms. The second kappa shape index (κ2) is 4.70. The lowest BCUT2D eigenvalue weighted by Crippen LogP contribution is -2.19. The zero-order valence-electron chi connectivity index (χ0n) is 10.7. The minimum atomic E-state index is 0.0637. The van der Waals surface area contributed by atoms with Crippen LogP contribution in [0.5, 0.6) is 0 Å². The number of anilines is 1. The molecule has 1 aromatic carbocycles. The molecular formula is C14H18N2O. The highest BCUT2D eigenvalue weighted by molar-refractivity contribution is 6.12. The lowest BCUT2D eigenvalue weighted by atomic mass is 10.0. The van der Waals surface area contributed by atoms with E-state index in [1.807, 2.05) is 13.0 Å². The number of hydrogen-bond donors (Lipinski definition) is 0. The molecule has 0 N–H and O–H groups in total. The number of carbonyl (C=O) groups is 1. The van der Waals surface area contributed by atoms with Crippen molar-refractivity contribution >= 4 is 17.3 Å². The van der Waals surface area contributed by atoms with Gasteiger partial charge in [-0.05, 0) is 43.0 Å². The van der Waals surface area contributed by atoms with Crippen LogP contribution in [0.3, 0.4) is 0 Å². The Morgan fingerprint density at radius 2 is 1.94 bits per heavy atom. The van der Waals surface area contributed by atoms with E-state index in [4.69, 9.17) is 0 Å². The predicted octanol–water partition coefficient (Wildman–Crippen LogP) is 2.92. The first kappa shape index (κ1) is 11.8.